The summed E-state index contributed by atoms with van der Waals surface area (Å²) in [5, 5.41) is 8.10. The van der Waals surface area contributed by atoms with Crippen LogP contribution >= 0.6 is 0 Å². The highest BCUT2D eigenvalue weighted by molar-refractivity contribution is 5.82. The Morgan fingerprint density at radius 1 is 1.38 bits per heavy atom. The first-order valence-electron chi connectivity index (χ1n) is 3.64. The van der Waals surface area contributed by atoms with Crippen LogP contribution in [0.4, 0.5) is 0 Å². The zero-order chi connectivity index (χ0) is 8.84. The van der Waals surface area contributed by atoms with Crippen LogP contribution in [-0.2, 0) is 0 Å². The highest BCUT2D eigenvalue weighted by Gasteiger charge is 2.09. The lowest BCUT2D eigenvalue weighted by Crippen LogP contribution is -2.26. The Labute approximate surface area is 71.2 Å². The second-order valence-corrected chi connectivity index (χ2v) is 2.63. The molecule has 0 atom stereocenters. The summed E-state index contributed by atoms with van der Waals surface area (Å²) in [7, 11) is 0. The number of fused-ring (bicyclic) bond motifs is 3. The molecule has 2 aromatic rings. The fourth-order valence-corrected chi connectivity index (χ4v) is 1.29. The predicted molar refractivity (Wildman–Crippen MR) is 44.3 cm³/mol. The summed E-state index contributed by atoms with van der Waals surface area (Å²) in [6.45, 7) is 0. The van der Waals surface area contributed by atoms with Crippen molar-refractivity contribution in [1.82, 2.24) is 19.8 Å². The smallest absolute Gasteiger partial charge is 0.265 e. The van der Waals surface area contributed by atoms with Gasteiger partial charge in [-0.3, -0.25) is 9.79 Å². The first-order valence-corrected chi connectivity index (χ1v) is 3.64. The maximum Gasteiger partial charge on any atom is 0.298 e. The first-order chi connectivity index (χ1) is 6.36. The van der Waals surface area contributed by atoms with Crippen molar-refractivity contribution in [3.8, 4) is 0 Å². The van der Waals surface area contributed by atoms with Crippen LogP contribution in [0.5, 0.6) is 0 Å². The SMILES string of the molecule is O=c1nc2c(n3nncc13)=CN=C2. The number of aliphatic imine (C=N–C) groups is 1. The molecule has 0 aromatic carbocycles. The molecule has 0 fully saturated rings. The monoisotopic (exact) mass is 173 g/mol. The van der Waals surface area contributed by atoms with Gasteiger partial charge < -0.3 is 0 Å². The van der Waals surface area contributed by atoms with Crippen molar-refractivity contribution < 1.29 is 0 Å². The number of nitrogens with zero attached hydrogens (tertiary/aromatic N) is 5. The van der Waals surface area contributed by atoms with E-state index in [0.717, 1.165) is 0 Å². The molecule has 6 heteroatoms. The van der Waals surface area contributed by atoms with Gasteiger partial charge in [-0.25, -0.2) is 9.50 Å². The molecule has 0 saturated heterocycles. The lowest BCUT2D eigenvalue weighted by atomic mass is 10.4. The predicted octanol–water partition coefficient (Wildman–Crippen LogP) is -1.63. The van der Waals surface area contributed by atoms with Crippen molar-refractivity contribution in [3.63, 3.8) is 0 Å². The lowest BCUT2D eigenvalue weighted by Gasteiger charge is -1.91. The Bertz CT molecular complexity index is 626. The molecule has 0 unspecified atom stereocenters. The van der Waals surface area contributed by atoms with Crippen LogP contribution in [-0.4, -0.2) is 26.0 Å². The molecule has 0 bridgehead atoms. The molecular formula is C7H3N5O. The van der Waals surface area contributed by atoms with E-state index in [1.807, 2.05) is 0 Å². The minimum Gasteiger partial charge on any atom is -0.265 e. The van der Waals surface area contributed by atoms with Crippen LogP contribution in [0.15, 0.2) is 16.0 Å². The molecule has 0 saturated carbocycles. The molecule has 0 amide bonds. The molecule has 6 nitrogen and oxygen atoms in total. The summed E-state index contributed by atoms with van der Waals surface area (Å²) >= 11 is 0. The third kappa shape index (κ3) is 0.689. The molecule has 0 radical (unpaired) electrons. The van der Waals surface area contributed by atoms with Gasteiger partial charge in [-0.05, 0) is 0 Å². The van der Waals surface area contributed by atoms with Crippen LogP contribution in [0.3, 0.4) is 0 Å². The summed E-state index contributed by atoms with van der Waals surface area (Å²) in [5.74, 6) is 0. The highest BCUT2D eigenvalue weighted by atomic mass is 16.1. The minimum absolute atomic E-state index is 0.328. The molecule has 1 aliphatic heterocycles. The molecule has 0 N–H and O–H groups in total. The van der Waals surface area contributed by atoms with E-state index in [1.54, 1.807) is 6.20 Å². The Hall–Kier alpha value is -2.11. The third-order valence-corrected chi connectivity index (χ3v) is 1.87. The molecule has 2 aromatic heterocycles. The van der Waals surface area contributed by atoms with Crippen LogP contribution in [0.25, 0.3) is 11.7 Å². The number of hydrogen-bond donors (Lipinski definition) is 0. The summed E-state index contributed by atoms with van der Waals surface area (Å²) in [4.78, 5) is 19.0. The molecule has 1 aliphatic rings. The fourth-order valence-electron chi connectivity index (χ4n) is 1.29. The summed E-state index contributed by atoms with van der Waals surface area (Å²) in [5.41, 5.74) is 0.592. The van der Waals surface area contributed by atoms with Crippen molar-refractivity contribution in [2.45, 2.75) is 0 Å². The Morgan fingerprint density at radius 3 is 3.23 bits per heavy atom. The molecular weight excluding hydrogens is 170 g/mol. The quantitative estimate of drug-likeness (QED) is 0.479. The average Bonchev–Trinajstić information content (AvgIpc) is 2.66. The van der Waals surface area contributed by atoms with Gasteiger partial charge >= 0.3 is 0 Å². The van der Waals surface area contributed by atoms with E-state index >= 15 is 0 Å². The summed E-state index contributed by atoms with van der Waals surface area (Å²) in [6.07, 6.45) is 4.52. The number of rotatable bonds is 0. The van der Waals surface area contributed by atoms with Crippen molar-refractivity contribution >= 4 is 17.9 Å². The fraction of sp³-hybridized carbons (Fsp3) is 0. The van der Waals surface area contributed by atoms with E-state index in [-0.39, 0.29) is 5.56 Å². The summed E-state index contributed by atoms with van der Waals surface area (Å²) in [6, 6.07) is 0. The van der Waals surface area contributed by atoms with Crippen LogP contribution in [0.1, 0.15) is 5.69 Å². The van der Waals surface area contributed by atoms with Crippen molar-refractivity contribution in [2.24, 2.45) is 4.99 Å². The molecule has 0 aliphatic carbocycles. The van der Waals surface area contributed by atoms with E-state index < -0.39 is 0 Å². The lowest BCUT2D eigenvalue weighted by molar-refractivity contribution is 0.820. The van der Waals surface area contributed by atoms with Gasteiger partial charge in [-0.15, -0.1) is 5.10 Å². The van der Waals surface area contributed by atoms with Gasteiger partial charge in [-0.1, -0.05) is 5.21 Å². The second kappa shape index (κ2) is 1.98. The summed E-state index contributed by atoms with van der Waals surface area (Å²) < 4.78 is 1.44. The Kier molecular flexibility index (Phi) is 0.974. The van der Waals surface area contributed by atoms with Gasteiger partial charge in [-0.2, -0.15) is 0 Å². The van der Waals surface area contributed by atoms with Crippen LogP contribution in [0.2, 0.25) is 0 Å². The zero-order valence-electron chi connectivity index (χ0n) is 6.38. The van der Waals surface area contributed by atoms with Gasteiger partial charge in [0.2, 0.25) is 0 Å². The van der Waals surface area contributed by atoms with Crippen molar-refractivity contribution in [2.75, 3.05) is 0 Å². The molecule has 62 valence electrons. The van der Waals surface area contributed by atoms with E-state index in [0.29, 0.717) is 16.6 Å². The Morgan fingerprint density at radius 2 is 2.31 bits per heavy atom. The number of hydrogen-bond acceptors (Lipinski definition) is 5. The third-order valence-electron chi connectivity index (χ3n) is 1.87. The van der Waals surface area contributed by atoms with Crippen LogP contribution in [0, 0.1) is 0 Å². The van der Waals surface area contributed by atoms with Crippen molar-refractivity contribution in [3.05, 3.63) is 27.6 Å². The molecule has 3 rings (SSSR count). The normalized spacial score (nSPS) is 13.2. The average molecular weight is 173 g/mol. The van der Waals surface area contributed by atoms with E-state index in [1.165, 1.54) is 16.9 Å². The first kappa shape index (κ1) is 6.41. The van der Waals surface area contributed by atoms with E-state index in [2.05, 4.69) is 20.3 Å². The topological polar surface area (TPSA) is 72.5 Å². The van der Waals surface area contributed by atoms with Gasteiger partial charge in [0.15, 0.2) is 5.52 Å². The van der Waals surface area contributed by atoms with Gasteiger partial charge in [0.1, 0.15) is 11.0 Å². The second-order valence-electron chi connectivity index (χ2n) is 2.63. The van der Waals surface area contributed by atoms with Crippen LogP contribution < -0.4 is 10.9 Å². The molecule has 3 heterocycles. The minimum atomic E-state index is -0.328. The zero-order valence-corrected chi connectivity index (χ0v) is 6.38. The van der Waals surface area contributed by atoms with Gasteiger partial charge in [0.05, 0.1) is 18.6 Å². The van der Waals surface area contributed by atoms with Gasteiger partial charge in [0, 0.05) is 0 Å². The standard InChI is InChI=1S/C7H3N5O/c13-7-6-3-9-11-12(6)5-2-8-1-4(5)10-7/h1-3H. The Balaban J connectivity index is 2.73. The van der Waals surface area contributed by atoms with E-state index in [9.17, 15) is 4.79 Å². The number of aromatic nitrogens is 4. The van der Waals surface area contributed by atoms with E-state index in [4.69, 9.17) is 0 Å². The molecule has 0 spiro atoms. The highest BCUT2D eigenvalue weighted by Crippen LogP contribution is 1.91. The van der Waals surface area contributed by atoms with Crippen molar-refractivity contribution in [1.29, 1.82) is 0 Å². The maximum atomic E-state index is 11.3. The largest absolute Gasteiger partial charge is 0.298 e. The molecule has 13 heavy (non-hydrogen) atoms. The van der Waals surface area contributed by atoms with Gasteiger partial charge in [0.25, 0.3) is 5.56 Å². The maximum absolute atomic E-state index is 11.3.